The van der Waals surface area contributed by atoms with E-state index in [0.29, 0.717) is 18.4 Å². The summed E-state index contributed by atoms with van der Waals surface area (Å²) in [5, 5.41) is 0. The number of hydrogen-bond acceptors (Lipinski definition) is 0. The second-order valence-electron chi connectivity index (χ2n) is 4.06. The molecule has 0 aromatic heterocycles. The molecule has 0 aliphatic heterocycles. The maximum atomic E-state index is 13.9. The van der Waals surface area contributed by atoms with Crippen LogP contribution in [0.5, 0.6) is 0 Å². The zero-order valence-electron chi connectivity index (χ0n) is 9.86. The third-order valence-corrected chi connectivity index (χ3v) is 3.05. The van der Waals surface area contributed by atoms with E-state index in [1.54, 1.807) is 19.9 Å². The van der Waals surface area contributed by atoms with Gasteiger partial charge in [0.2, 0.25) is 0 Å². The van der Waals surface area contributed by atoms with Crippen LogP contribution in [-0.4, -0.2) is 0 Å². The number of alkyl halides is 2. The smallest absolute Gasteiger partial charge is 0.206 e. The Morgan fingerprint density at radius 3 is 2.38 bits per heavy atom. The maximum Gasteiger partial charge on any atom is 0.278 e. The van der Waals surface area contributed by atoms with Crippen LogP contribution in [0.25, 0.3) is 0 Å². The Kier molecular flexibility index (Phi) is 4.00. The molecule has 0 spiro atoms. The quantitative estimate of drug-likeness (QED) is 0.713. The second kappa shape index (κ2) is 4.89. The zero-order chi connectivity index (χ0) is 12.3. The lowest BCUT2D eigenvalue weighted by atomic mass is 9.92. The molecule has 0 radical (unpaired) electrons. The normalized spacial score (nSPS) is 13.9. The monoisotopic (exact) mass is 230 g/mol. The van der Waals surface area contributed by atoms with Gasteiger partial charge in [-0.3, -0.25) is 0 Å². The SMILES string of the molecule is CCc1cccc(C(F)(F)C(C)CC)c1F. The van der Waals surface area contributed by atoms with Crippen molar-refractivity contribution in [2.45, 2.75) is 39.5 Å². The highest BCUT2D eigenvalue weighted by atomic mass is 19.3. The molecule has 0 amide bonds. The van der Waals surface area contributed by atoms with Gasteiger partial charge >= 0.3 is 0 Å². The van der Waals surface area contributed by atoms with Gasteiger partial charge in [-0.1, -0.05) is 39.0 Å². The van der Waals surface area contributed by atoms with Crippen LogP contribution < -0.4 is 0 Å². The third kappa shape index (κ3) is 2.23. The van der Waals surface area contributed by atoms with Gasteiger partial charge in [-0.05, 0) is 18.4 Å². The topological polar surface area (TPSA) is 0 Å². The van der Waals surface area contributed by atoms with Crippen molar-refractivity contribution in [3.8, 4) is 0 Å². The van der Waals surface area contributed by atoms with Gasteiger partial charge in [0.05, 0.1) is 5.56 Å². The van der Waals surface area contributed by atoms with E-state index in [9.17, 15) is 13.2 Å². The van der Waals surface area contributed by atoms with E-state index in [-0.39, 0.29) is 0 Å². The molecule has 1 aromatic carbocycles. The summed E-state index contributed by atoms with van der Waals surface area (Å²) in [6.07, 6.45) is 0.749. The Hall–Kier alpha value is -0.990. The highest BCUT2D eigenvalue weighted by Gasteiger charge is 2.39. The molecule has 0 heterocycles. The fourth-order valence-electron chi connectivity index (χ4n) is 1.63. The minimum atomic E-state index is -3.09. The summed E-state index contributed by atoms with van der Waals surface area (Å²) >= 11 is 0. The van der Waals surface area contributed by atoms with Gasteiger partial charge in [0.25, 0.3) is 5.92 Å². The van der Waals surface area contributed by atoms with Crippen LogP contribution in [0, 0.1) is 11.7 Å². The Morgan fingerprint density at radius 1 is 1.25 bits per heavy atom. The summed E-state index contributed by atoms with van der Waals surface area (Å²) in [6, 6.07) is 4.22. The molecule has 0 N–H and O–H groups in total. The molecule has 0 nitrogen and oxygen atoms in total. The molecule has 1 atom stereocenters. The van der Waals surface area contributed by atoms with Crippen molar-refractivity contribution in [2.75, 3.05) is 0 Å². The Balaban J connectivity index is 3.22. The van der Waals surface area contributed by atoms with Crippen LogP contribution in [0.15, 0.2) is 18.2 Å². The van der Waals surface area contributed by atoms with E-state index in [1.165, 1.54) is 19.1 Å². The molecule has 0 aliphatic rings. The number of rotatable bonds is 4. The molecule has 90 valence electrons. The maximum absolute atomic E-state index is 13.9. The molecule has 1 aromatic rings. The number of benzene rings is 1. The van der Waals surface area contributed by atoms with Crippen LogP contribution in [0.1, 0.15) is 38.3 Å². The van der Waals surface area contributed by atoms with E-state index < -0.39 is 23.2 Å². The summed E-state index contributed by atoms with van der Waals surface area (Å²) in [6.45, 7) is 4.88. The highest BCUT2D eigenvalue weighted by molar-refractivity contribution is 5.29. The average Bonchev–Trinajstić information content (AvgIpc) is 2.27. The predicted molar refractivity (Wildman–Crippen MR) is 59.1 cm³/mol. The number of aryl methyl sites for hydroxylation is 1. The molecule has 1 unspecified atom stereocenters. The predicted octanol–water partition coefficient (Wildman–Crippen LogP) is 4.53. The summed E-state index contributed by atoms with van der Waals surface area (Å²) in [5.74, 6) is -4.70. The summed E-state index contributed by atoms with van der Waals surface area (Å²) in [7, 11) is 0. The Morgan fingerprint density at radius 2 is 1.88 bits per heavy atom. The van der Waals surface area contributed by atoms with Crippen LogP contribution in [-0.2, 0) is 12.3 Å². The highest BCUT2D eigenvalue weighted by Crippen LogP contribution is 2.39. The van der Waals surface area contributed by atoms with Gasteiger partial charge in [0.15, 0.2) is 0 Å². The van der Waals surface area contributed by atoms with Crippen molar-refractivity contribution < 1.29 is 13.2 Å². The van der Waals surface area contributed by atoms with E-state index in [4.69, 9.17) is 0 Å². The first-order chi connectivity index (χ1) is 7.45. The molecular weight excluding hydrogens is 213 g/mol. The second-order valence-corrected chi connectivity index (χ2v) is 4.06. The molecule has 3 heteroatoms. The lowest BCUT2D eigenvalue weighted by Gasteiger charge is -2.24. The van der Waals surface area contributed by atoms with Crippen LogP contribution in [0.4, 0.5) is 13.2 Å². The van der Waals surface area contributed by atoms with Crippen molar-refractivity contribution >= 4 is 0 Å². The molecule has 0 saturated carbocycles. The molecule has 0 bridgehead atoms. The molecule has 0 fully saturated rings. The van der Waals surface area contributed by atoms with Crippen LogP contribution >= 0.6 is 0 Å². The first-order valence-corrected chi connectivity index (χ1v) is 5.60. The molecule has 0 saturated heterocycles. The number of hydrogen-bond donors (Lipinski definition) is 0. The van der Waals surface area contributed by atoms with Crippen molar-refractivity contribution in [3.05, 3.63) is 35.1 Å². The van der Waals surface area contributed by atoms with E-state index in [0.717, 1.165) is 0 Å². The van der Waals surface area contributed by atoms with Gasteiger partial charge in [-0.25, -0.2) is 13.2 Å². The standard InChI is InChI=1S/C13H17F3/c1-4-9(3)13(15,16)11-8-6-7-10(5-2)12(11)14/h6-9H,4-5H2,1-3H3. The first kappa shape index (κ1) is 13.1. The van der Waals surface area contributed by atoms with Gasteiger partial charge < -0.3 is 0 Å². The molecular formula is C13H17F3. The van der Waals surface area contributed by atoms with Crippen molar-refractivity contribution in [2.24, 2.45) is 5.92 Å². The number of halogens is 3. The fourth-order valence-corrected chi connectivity index (χ4v) is 1.63. The minimum absolute atomic E-state index is 0.322. The van der Waals surface area contributed by atoms with Crippen molar-refractivity contribution in [1.82, 2.24) is 0 Å². The first-order valence-electron chi connectivity index (χ1n) is 5.60. The summed E-state index contributed by atoms with van der Waals surface area (Å²) in [4.78, 5) is 0. The van der Waals surface area contributed by atoms with Crippen LogP contribution in [0.2, 0.25) is 0 Å². The van der Waals surface area contributed by atoms with E-state index in [1.807, 2.05) is 0 Å². The summed E-state index contributed by atoms with van der Waals surface area (Å²) in [5.41, 5.74) is -0.123. The van der Waals surface area contributed by atoms with Gasteiger partial charge in [0.1, 0.15) is 5.82 Å². The Labute approximate surface area is 94.5 Å². The third-order valence-electron chi connectivity index (χ3n) is 3.05. The lowest BCUT2D eigenvalue weighted by Crippen LogP contribution is -2.24. The van der Waals surface area contributed by atoms with Crippen molar-refractivity contribution in [1.29, 1.82) is 0 Å². The zero-order valence-corrected chi connectivity index (χ0v) is 9.86. The molecule has 1 rings (SSSR count). The van der Waals surface area contributed by atoms with E-state index in [2.05, 4.69) is 0 Å². The minimum Gasteiger partial charge on any atom is -0.206 e. The molecule has 16 heavy (non-hydrogen) atoms. The van der Waals surface area contributed by atoms with Crippen molar-refractivity contribution in [3.63, 3.8) is 0 Å². The van der Waals surface area contributed by atoms with Gasteiger partial charge in [-0.15, -0.1) is 0 Å². The van der Waals surface area contributed by atoms with Gasteiger partial charge in [0, 0.05) is 5.92 Å². The largest absolute Gasteiger partial charge is 0.278 e. The summed E-state index contributed by atoms with van der Waals surface area (Å²) < 4.78 is 41.6. The van der Waals surface area contributed by atoms with Crippen LogP contribution in [0.3, 0.4) is 0 Å². The average molecular weight is 230 g/mol. The Bertz CT molecular complexity index is 358. The fraction of sp³-hybridized carbons (Fsp3) is 0.538. The van der Waals surface area contributed by atoms with E-state index >= 15 is 0 Å². The lowest BCUT2D eigenvalue weighted by molar-refractivity contribution is -0.0624. The van der Waals surface area contributed by atoms with Gasteiger partial charge in [-0.2, -0.15) is 0 Å². The molecule has 0 aliphatic carbocycles.